The largest absolute Gasteiger partial charge is 0.478 e. The summed E-state index contributed by atoms with van der Waals surface area (Å²) < 4.78 is 10.8. The number of benzene rings is 1. The summed E-state index contributed by atoms with van der Waals surface area (Å²) in [7, 11) is 0. The number of rotatable bonds is 7. The number of ether oxygens (including phenoxy) is 2. The predicted molar refractivity (Wildman–Crippen MR) is 75.0 cm³/mol. The highest BCUT2D eigenvalue weighted by Crippen LogP contribution is 2.25. The summed E-state index contributed by atoms with van der Waals surface area (Å²) in [6, 6.07) is 7.38. The van der Waals surface area contributed by atoms with Gasteiger partial charge >= 0.3 is 5.97 Å². The van der Waals surface area contributed by atoms with Gasteiger partial charge in [-0.25, -0.2) is 4.79 Å². The highest BCUT2D eigenvalue weighted by Gasteiger charge is 2.22. The van der Waals surface area contributed by atoms with Gasteiger partial charge in [-0.3, -0.25) is 0 Å². The predicted octanol–water partition coefficient (Wildman–Crippen LogP) is 2.82. The molecule has 2 N–H and O–H groups in total. The van der Waals surface area contributed by atoms with Gasteiger partial charge in [0.1, 0.15) is 5.75 Å². The van der Waals surface area contributed by atoms with Gasteiger partial charge in [0.2, 0.25) is 0 Å². The van der Waals surface area contributed by atoms with E-state index in [4.69, 9.17) is 15.2 Å². The number of nitrogens with two attached hydrogens (primary N) is 1. The maximum atomic E-state index is 11.8. The molecular formula is C15H23NO3. The van der Waals surface area contributed by atoms with E-state index in [0.29, 0.717) is 18.8 Å². The van der Waals surface area contributed by atoms with Crippen LogP contribution in [0, 0.1) is 0 Å². The topological polar surface area (TPSA) is 61.5 Å². The van der Waals surface area contributed by atoms with Crippen molar-refractivity contribution < 1.29 is 14.3 Å². The Morgan fingerprint density at radius 2 is 2.00 bits per heavy atom. The molecule has 0 amide bonds. The first kappa shape index (κ1) is 15.5. The second-order valence-corrected chi connectivity index (χ2v) is 4.47. The molecule has 1 aromatic carbocycles. The molecule has 0 radical (unpaired) electrons. The fourth-order valence-electron chi connectivity index (χ4n) is 1.84. The van der Waals surface area contributed by atoms with Crippen LogP contribution in [0.2, 0.25) is 0 Å². The van der Waals surface area contributed by atoms with E-state index in [1.165, 1.54) is 0 Å². The highest BCUT2D eigenvalue weighted by molar-refractivity contribution is 5.75. The molecule has 1 rings (SSSR count). The van der Waals surface area contributed by atoms with E-state index in [-0.39, 0.29) is 12.0 Å². The van der Waals surface area contributed by atoms with Gasteiger partial charge < -0.3 is 15.2 Å². The second-order valence-electron chi connectivity index (χ2n) is 4.47. The average molecular weight is 265 g/mol. The molecule has 0 saturated carbocycles. The Balaban J connectivity index is 2.87. The average Bonchev–Trinajstić information content (AvgIpc) is 2.39. The summed E-state index contributed by atoms with van der Waals surface area (Å²) in [6.07, 6.45) is 0.917. The molecule has 19 heavy (non-hydrogen) atoms. The molecule has 2 atom stereocenters. The highest BCUT2D eigenvalue weighted by atomic mass is 16.6. The smallest absolute Gasteiger partial charge is 0.347 e. The molecule has 0 aliphatic rings. The fourth-order valence-corrected chi connectivity index (χ4v) is 1.84. The van der Waals surface area contributed by atoms with E-state index in [1.807, 2.05) is 38.1 Å². The van der Waals surface area contributed by atoms with Gasteiger partial charge in [0.25, 0.3) is 0 Å². The Bertz CT molecular complexity index is 404. The minimum absolute atomic E-state index is 0.138. The third-order valence-electron chi connectivity index (χ3n) is 2.78. The molecule has 1 aromatic rings. The van der Waals surface area contributed by atoms with Crippen molar-refractivity contribution in [2.24, 2.45) is 5.73 Å². The summed E-state index contributed by atoms with van der Waals surface area (Å²) in [6.45, 7) is 6.04. The van der Waals surface area contributed by atoms with Crippen molar-refractivity contribution in [1.82, 2.24) is 0 Å². The Kier molecular flexibility index (Phi) is 6.36. The summed E-state index contributed by atoms with van der Waals surface area (Å²) >= 11 is 0. The van der Waals surface area contributed by atoms with Crippen molar-refractivity contribution in [3.05, 3.63) is 29.8 Å². The van der Waals surface area contributed by atoms with Crippen LogP contribution in [0.25, 0.3) is 0 Å². The number of hydrogen-bond donors (Lipinski definition) is 1. The van der Waals surface area contributed by atoms with Gasteiger partial charge in [-0.2, -0.15) is 0 Å². The van der Waals surface area contributed by atoms with E-state index < -0.39 is 6.10 Å². The van der Waals surface area contributed by atoms with Crippen molar-refractivity contribution in [3.63, 3.8) is 0 Å². The van der Waals surface area contributed by atoms with E-state index in [2.05, 4.69) is 0 Å². The van der Waals surface area contributed by atoms with Crippen LogP contribution in [0.3, 0.4) is 0 Å². The first-order valence-electron chi connectivity index (χ1n) is 6.77. The Morgan fingerprint density at radius 1 is 1.32 bits per heavy atom. The lowest BCUT2D eigenvalue weighted by Crippen LogP contribution is -2.30. The van der Waals surface area contributed by atoms with Crippen LogP contribution >= 0.6 is 0 Å². The summed E-state index contributed by atoms with van der Waals surface area (Å²) in [5.74, 6) is 0.341. The normalized spacial score (nSPS) is 13.7. The van der Waals surface area contributed by atoms with Gasteiger partial charge in [-0.1, -0.05) is 31.5 Å². The number of carbonyl (C=O) groups is 1. The van der Waals surface area contributed by atoms with Crippen LogP contribution in [-0.4, -0.2) is 18.7 Å². The van der Waals surface area contributed by atoms with E-state index in [9.17, 15) is 4.79 Å². The molecule has 0 aromatic heterocycles. The number of carbonyl (C=O) groups excluding carboxylic acids is 1. The molecular weight excluding hydrogens is 242 g/mol. The zero-order chi connectivity index (χ0) is 14.3. The van der Waals surface area contributed by atoms with Crippen molar-refractivity contribution in [1.29, 1.82) is 0 Å². The van der Waals surface area contributed by atoms with Gasteiger partial charge in [-0.15, -0.1) is 0 Å². The minimum atomic E-state index is -0.565. The lowest BCUT2D eigenvalue weighted by atomic mass is 10.1. The van der Waals surface area contributed by atoms with Crippen LogP contribution in [0.1, 0.15) is 45.2 Å². The van der Waals surface area contributed by atoms with Crippen molar-refractivity contribution in [3.8, 4) is 5.75 Å². The third-order valence-corrected chi connectivity index (χ3v) is 2.78. The van der Waals surface area contributed by atoms with Crippen LogP contribution in [0.4, 0.5) is 0 Å². The van der Waals surface area contributed by atoms with Crippen LogP contribution in [0.15, 0.2) is 24.3 Å². The lowest BCUT2D eigenvalue weighted by molar-refractivity contribution is -0.151. The Morgan fingerprint density at radius 3 is 2.58 bits per heavy atom. The van der Waals surface area contributed by atoms with E-state index in [1.54, 1.807) is 6.92 Å². The van der Waals surface area contributed by atoms with Gasteiger partial charge in [-0.05, 0) is 26.3 Å². The maximum absolute atomic E-state index is 11.8. The molecule has 106 valence electrons. The molecule has 0 aliphatic carbocycles. The quantitative estimate of drug-likeness (QED) is 0.770. The number of para-hydroxylation sites is 1. The monoisotopic (exact) mass is 265 g/mol. The standard InChI is InChI=1S/C15H23NO3/c1-4-8-14(15(17)18-5-2)19-13-10-7-6-9-12(13)11(3)16/h6-7,9-11,14H,4-5,8,16H2,1-3H3. The SMILES string of the molecule is CCCC(Oc1ccccc1C(C)N)C(=O)OCC. The van der Waals surface area contributed by atoms with Crippen LogP contribution < -0.4 is 10.5 Å². The molecule has 0 bridgehead atoms. The maximum Gasteiger partial charge on any atom is 0.347 e. The van der Waals surface area contributed by atoms with E-state index >= 15 is 0 Å². The van der Waals surface area contributed by atoms with Crippen molar-refractivity contribution in [2.45, 2.75) is 45.8 Å². The molecule has 0 heterocycles. The van der Waals surface area contributed by atoms with Gasteiger partial charge in [0.05, 0.1) is 6.61 Å². The molecule has 0 saturated heterocycles. The fraction of sp³-hybridized carbons (Fsp3) is 0.533. The lowest BCUT2D eigenvalue weighted by Gasteiger charge is -2.20. The molecule has 2 unspecified atom stereocenters. The summed E-state index contributed by atoms with van der Waals surface area (Å²) in [5.41, 5.74) is 6.80. The Labute approximate surface area is 114 Å². The molecule has 4 nitrogen and oxygen atoms in total. The number of hydrogen-bond acceptors (Lipinski definition) is 4. The van der Waals surface area contributed by atoms with Crippen molar-refractivity contribution in [2.75, 3.05) is 6.61 Å². The molecule has 0 aliphatic heterocycles. The van der Waals surface area contributed by atoms with Gasteiger partial charge in [0.15, 0.2) is 6.10 Å². The summed E-state index contributed by atoms with van der Waals surface area (Å²) in [4.78, 5) is 11.8. The Hall–Kier alpha value is -1.55. The first-order chi connectivity index (χ1) is 9.10. The minimum Gasteiger partial charge on any atom is -0.478 e. The first-order valence-corrected chi connectivity index (χ1v) is 6.77. The van der Waals surface area contributed by atoms with Crippen molar-refractivity contribution >= 4 is 5.97 Å². The summed E-state index contributed by atoms with van der Waals surface area (Å²) in [5, 5.41) is 0. The zero-order valence-corrected chi connectivity index (χ0v) is 11.9. The zero-order valence-electron chi connectivity index (χ0n) is 11.9. The number of esters is 1. The molecule has 0 fully saturated rings. The van der Waals surface area contributed by atoms with Gasteiger partial charge in [0, 0.05) is 11.6 Å². The molecule has 0 spiro atoms. The molecule has 4 heteroatoms. The second kappa shape index (κ2) is 7.79. The van der Waals surface area contributed by atoms with Crippen LogP contribution in [0.5, 0.6) is 5.75 Å². The third kappa shape index (κ3) is 4.56. The van der Waals surface area contributed by atoms with Crippen LogP contribution in [-0.2, 0) is 9.53 Å². The van der Waals surface area contributed by atoms with E-state index in [0.717, 1.165) is 12.0 Å².